The zero-order chi connectivity index (χ0) is 14.7. The Morgan fingerprint density at radius 1 is 1.06 bits per heavy atom. The Kier molecular flexibility index (Phi) is 6.99. The largest absolute Gasteiger partial charge is 0.285 e. The maximum absolute atomic E-state index is 11.3. The van der Waals surface area contributed by atoms with Gasteiger partial charge in [-0.25, -0.2) is 0 Å². The average Bonchev–Trinajstić information content (AvgIpc) is 2.12. The van der Waals surface area contributed by atoms with Crippen LogP contribution in [0, 0.1) is 5.92 Å². The van der Waals surface area contributed by atoms with Crippen LogP contribution in [0.1, 0.15) is 27.2 Å². The maximum Gasteiger partial charge on any atom is 0.270 e. The molecule has 10 heteroatoms. The molecule has 0 aromatic heterocycles. The van der Waals surface area contributed by atoms with Crippen molar-refractivity contribution in [3.63, 3.8) is 0 Å². The number of thiol groups is 1. The molecule has 0 rings (SSSR count). The standard InChI is InChI=1S/C8H18O6S4/c1-5(2)4-7(16-15)8(18(12,13)14)6(3)17(9,10)11/h5-8,15H,4H2,1-3H3,(H,9,10,11)(H,12,13,14). The van der Waals surface area contributed by atoms with Crippen molar-refractivity contribution >= 4 is 42.7 Å². The quantitative estimate of drug-likeness (QED) is 0.367. The third-order valence-corrected chi connectivity index (χ3v) is 7.05. The second-order valence-electron chi connectivity index (χ2n) is 4.47. The van der Waals surface area contributed by atoms with Crippen LogP contribution in [-0.4, -0.2) is 41.7 Å². The molecule has 0 saturated carbocycles. The molecule has 18 heavy (non-hydrogen) atoms. The Bertz CT molecular complexity index is 454. The summed E-state index contributed by atoms with van der Waals surface area (Å²) in [7, 11) is -8.32. The van der Waals surface area contributed by atoms with Gasteiger partial charge in [-0.15, -0.1) is 11.7 Å². The zero-order valence-electron chi connectivity index (χ0n) is 10.2. The maximum atomic E-state index is 11.3. The molecule has 0 aromatic carbocycles. The molecule has 0 heterocycles. The van der Waals surface area contributed by atoms with Crippen molar-refractivity contribution in [2.45, 2.75) is 42.9 Å². The van der Waals surface area contributed by atoms with Gasteiger partial charge in [0.2, 0.25) is 0 Å². The summed E-state index contributed by atoms with van der Waals surface area (Å²) in [5.74, 6) is 0.0903. The summed E-state index contributed by atoms with van der Waals surface area (Å²) in [5, 5.41) is -3.96. The first kappa shape index (κ1) is 18.5. The van der Waals surface area contributed by atoms with E-state index in [1.807, 2.05) is 13.8 Å². The lowest BCUT2D eigenvalue weighted by atomic mass is 10.0. The lowest BCUT2D eigenvalue weighted by Crippen LogP contribution is -2.44. The summed E-state index contributed by atoms with van der Waals surface area (Å²) in [4.78, 5) is 0. The normalized spacial score (nSPS) is 18.6. The fourth-order valence-corrected chi connectivity index (χ4v) is 6.37. The van der Waals surface area contributed by atoms with Crippen molar-refractivity contribution in [1.29, 1.82) is 0 Å². The van der Waals surface area contributed by atoms with Gasteiger partial charge in [0.25, 0.3) is 20.2 Å². The average molecular weight is 338 g/mol. The molecule has 0 aliphatic rings. The van der Waals surface area contributed by atoms with Gasteiger partial charge in [0, 0.05) is 5.25 Å². The fraction of sp³-hybridized carbons (Fsp3) is 1.00. The van der Waals surface area contributed by atoms with E-state index < -0.39 is 36.0 Å². The third-order valence-electron chi connectivity index (χ3n) is 2.48. The highest BCUT2D eigenvalue weighted by atomic mass is 33.1. The Balaban J connectivity index is 5.50. The Hall–Kier alpha value is 0.520. The van der Waals surface area contributed by atoms with E-state index in [4.69, 9.17) is 4.55 Å². The second kappa shape index (κ2) is 6.80. The van der Waals surface area contributed by atoms with Crippen LogP contribution < -0.4 is 0 Å². The molecular weight excluding hydrogens is 320 g/mol. The van der Waals surface area contributed by atoms with Crippen molar-refractivity contribution in [1.82, 2.24) is 0 Å². The minimum absolute atomic E-state index is 0.0903. The van der Waals surface area contributed by atoms with Crippen LogP contribution in [0.5, 0.6) is 0 Å². The van der Waals surface area contributed by atoms with Gasteiger partial charge in [-0.1, -0.05) is 24.6 Å². The molecule has 0 aromatic rings. The molecule has 0 aliphatic heterocycles. The molecule has 6 nitrogen and oxygen atoms in total. The summed E-state index contributed by atoms with van der Waals surface area (Å²) in [6, 6.07) is 0. The van der Waals surface area contributed by atoms with E-state index >= 15 is 0 Å². The first-order valence-electron chi connectivity index (χ1n) is 5.14. The van der Waals surface area contributed by atoms with Crippen LogP contribution in [0.15, 0.2) is 0 Å². The van der Waals surface area contributed by atoms with Gasteiger partial charge in [-0.3, -0.25) is 9.11 Å². The molecule has 0 fully saturated rings. The van der Waals surface area contributed by atoms with Crippen LogP contribution in [-0.2, 0) is 20.2 Å². The molecule has 3 atom stereocenters. The Morgan fingerprint density at radius 3 is 1.72 bits per heavy atom. The summed E-state index contributed by atoms with van der Waals surface area (Å²) in [6.45, 7) is 4.71. The van der Waals surface area contributed by atoms with Crippen molar-refractivity contribution in [3.8, 4) is 0 Å². The van der Waals surface area contributed by atoms with Gasteiger partial charge in [0.1, 0.15) is 10.5 Å². The van der Waals surface area contributed by atoms with E-state index in [1.165, 1.54) is 0 Å². The second-order valence-corrected chi connectivity index (χ2v) is 9.27. The highest BCUT2D eigenvalue weighted by Gasteiger charge is 2.42. The van der Waals surface area contributed by atoms with Crippen LogP contribution in [0.25, 0.3) is 0 Å². The number of hydrogen-bond acceptors (Lipinski definition) is 6. The molecule has 0 bridgehead atoms. The van der Waals surface area contributed by atoms with Crippen LogP contribution in [0.3, 0.4) is 0 Å². The van der Waals surface area contributed by atoms with E-state index in [0.29, 0.717) is 6.42 Å². The Morgan fingerprint density at radius 2 is 1.50 bits per heavy atom. The molecule has 110 valence electrons. The molecule has 2 N–H and O–H groups in total. The van der Waals surface area contributed by atoms with Crippen molar-refractivity contribution in [2.75, 3.05) is 0 Å². The smallest absolute Gasteiger partial charge is 0.270 e. The minimum Gasteiger partial charge on any atom is -0.285 e. The molecule has 0 aliphatic carbocycles. The van der Waals surface area contributed by atoms with Gasteiger partial charge in [0.05, 0.1) is 0 Å². The van der Waals surface area contributed by atoms with E-state index in [9.17, 15) is 21.4 Å². The van der Waals surface area contributed by atoms with E-state index in [0.717, 1.165) is 17.7 Å². The molecule has 0 amide bonds. The highest BCUT2D eigenvalue weighted by molar-refractivity contribution is 8.69. The van der Waals surface area contributed by atoms with Crippen LogP contribution in [0.2, 0.25) is 0 Å². The van der Waals surface area contributed by atoms with E-state index in [2.05, 4.69) is 11.7 Å². The predicted octanol–water partition coefficient (Wildman–Crippen LogP) is 1.51. The first-order valence-corrected chi connectivity index (χ1v) is 10.1. The van der Waals surface area contributed by atoms with Gasteiger partial charge < -0.3 is 0 Å². The lowest BCUT2D eigenvalue weighted by molar-refractivity contribution is 0.429. The van der Waals surface area contributed by atoms with Gasteiger partial charge >= 0.3 is 0 Å². The SMILES string of the molecule is CC(C)CC(SS)C(C(C)S(=O)(=O)O)S(=O)(=O)O. The van der Waals surface area contributed by atoms with Crippen LogP contribution >= 0.6 is 22.5 Å². The fourth-order valence-electron chi connectivity index (χ4n) is 1.61. The predicted molar refractivity (Wildman–Crippen MR) is 76.2 cm³/mol. The lowest BCUT2D eigenvalue weighted by Gasteiger charge is -2.27. The molecule has 0 radical (unpaired) electrons. The summed E-state index contributed by atoms with van der Waals surface area (Å²) >= 11 is 3.92. The van der Waals surface area contributed by atoms with Crippen LogP contribution in [0.4, 0.5) is 0 Å². The van der Waals surface area contributed by atoms with Gasteiger partial charge in [-0.05, 0) is 19.3 Å². The number of rotatable bonds is 7. The topological polar surface area (TPSA) is 109 Å². The van der Waals surface area contributed by atoms with Gasteiger partial charge in [-0.2, -0.15) is 16.8 Å². The summed E-state index contributed by atoms with van der Waals surface area (Å²) in [6.07, 6.45) is 0.346. The van der Waals surface area contributed by atoms with Crippen molar-refractivity contribution in [3.05, 3.63) is 0 Å². The third kappa shape index (κ3) is 5.66. The molecular formula is C8H18O6S4. The van der Waals surface area contributed by atoms with E-state index in [-0.39, 0.29) is 5.92 Å². The van der Waals surface area contributed by atoms with E-state index in [1.54, 1.807) is 0 Å². The summed E-state index contributed by atoms with van der Waals surface area (Å²) < 4.78 is 62.9. The van der Waals surface area contributed by atoms with Crippen molar-refractivity contribution < 1.29 is 25.9 Å². The minimum atomic E-state index is -4.61. The monoisotopic (exact) mass is 338 g/mol. The van der Waals surface area contributed by atoms with Gasteiger partial charge in [0.15, 0.2) is 0 Å². The Labute approximate surface area is 117 Å². The first-order chi connectivity index (χ1) is 7.91. The van der Waals surface area contributed by atoms with Crippen molar-refractivity contribution in [2.24, 2.45) is 5.92 Å². The summed E-state index contributed by atoms with van der Waals surface area (Å²) in [5.41, 5.74) is 0. The molecule has 0 saturated heterocycles. The highest BCUT2D eigenvalue weighted by Crippen LogP contribution is 2.32. The molecule has 3 unspecified atom stereocenters. The molecule has 0 spiro atoms. The zero-order valence-corrected chi connectivity index (χ0v) is 13.6. The number of hydrogen-bond donors (Lipinski definition) is 3.